The van der Waals surface area contributed by atoms with Gasteiger partial charge in [-0.3, -0.25) is 0 Å². The molecule has 0 amide bonds. The maximum atomic E-state index is 11.4. The van der Waals surface area contributed by atoms with Crippen LogP contribution in [0.4, 0.5) is 5.82 Å². The van der Waals surface area contributed by atoms with E-state index in [0.29, 0.717) is 12.5 Å². The van der Waals surface area contributed by atoms with Crippen LogP contribution in [0.15, 0.2) is 54.6 Å². The lowest BCUT2D eigenvalue weighted by Gasteiger charge is -2.30. The van der Waals surface area contributed by atoms with Gasteiger partial charge < -0.3 is 19.7 Å². The van der Waals surface area contributed by atoms with Crippen molar-refractivity contribution in [2.75, 3.05) is 24.5 Å². The van der Waals surface area contributed by atoms with Gasteiger partial charge in [-0.25, -0.2) is 4.98 Å². The van der Waals surface area contributed by atoms with Crippen molar-refractivity contribution in [1.29, 1.82) is 0 Å². The van der Waals surface area contributed by atoms with Crippen LogP contribution < -0.4 is 15.0 Å². The maximum absolute atomic E-state index is 11.4. The molecule has 1 N–H and O–H groups in total. The number of nitrogens with one attached hydrogen (secondary N) is 1. The summed E-state index contributed by atoms with van der Waals surface area (Å²) < 4.78 is 6.38. The first-order chi connectivity index (χ1) is 16.7. The minimum absolute atomic E-state index is 0.0418. The third-order valence-corrected chi connectivity index (χ3v) is 8.08. The third kappa shape index (κ3) is 3.78. The molecule has 6 rings (SSSR count). The molecule has 5 heteroatoms. The standard InChI is InChI=1S/C29H31N3O2/c1-20-22(10-9-21-16-30-13-11-24(20)21)18-34-27-7-3-2-5-25(27)26-6-4-8-28(31-26)32-14-12-29(19-33)15-23(29)17-32/h2-10,19,23,30H,11-18H2,1H3/t23?,29-/m0/s1. The molecule has 3 aromatic rings. The number of pyridine rings is 1. The molecule has 1 saturated carbocycles. The van der Waals surface area contributed by atoms with Crippen LogP contribution in [0.5, 0.6) is 5.75 Å². The lowest BCUT2D eigenvalue weighted by molar-refractivity contribution is -0.113. The van der Waals surface area contributed by atoms with Gasteiger partial charge in [-0.1, -0.05) is 30.3 Å². The van der Waals surface area contributed by atoms with Crippen LogP contribution in [0.2, 0.25) is 0 Å². The number of piperidine rings is 1. The van der Waals surface area contributed by atoms with E-state index in [-0.39, 0.29) is 5.41 Å². The van der Waals surface area contributed by atoms with Gasteiger partial charge in [0.2, 0.25) is 0 Å². The van der Waals surface area contributed by atoms with Crippen molar-refractivity contribution in [2.45, 2.75) is 39.3 Å². The molecule has 2 fully saturated rings. The van der Waals surface area contributed by atoms with Crippen LogP contribution in [-0.4, -0.2) is 30.9 Å². The number of benzene rings is 2. The molecule has 1 aromatic heterocycles. The SMILES string of the molecule is Cc1c(COc2ccccc2-c2cccc(N3CC[C@@]4(C=O)CC4C3)n2)ccc2c1CCNC2. The number of hydrogen-bond acceptors (Lipinski definition) is 5. The summed E-state index contributed by atoms with van der Waals surface area (Å²) in [5, 5.41) is 3.45. The predicted molar refractivity (Wildman–Crippen MR) is 134 cm³/mol. The Bertz CT molecular complexity index is 1240. The molecule has 2 aliphatic heterocycles. The van der Waals surface area contributed by atoms with E-state index >= 15 is 0 Å². The summed E-state index contributed by atoms with van der Waals surface area (Å²) in [6.45, 7) is 6.56. The van der Waals surface area contributed by atoms with E-state index in [1.54, 1.807) is 0 Å². The van der Waals surface area contributed by atoms with Gasteiger partial charge in [0, 0.05) is 30.6 Å². The normalized spacial score (nSPS) is 23.1. The number of aromatic nitrogens is 1. The Morgan fingerprint density at radius 1 is 1.18 bits per heavy atom. The molecule has 34 heavy (non-hydrogen) atoms. The quantitative estimate of drug-likeness (QED) is 0.549. The second-order valence-corrected chi connectivity index (χ2v) is 10.0. The maximum Gasteiger partial charge on any atom is 0.129 e. The van der Waals surface area contributed by atoms with Gasteiger partial charge in [-0.05, 0) is 85.2 Å². The number of nitrogens with zero attached hydrogens (tertiary/aromatic N) is 2. The summed E-state index contributed by atoms with van der Waals surface area (Å²) >= 11 is 0. The van der Waals surface area contributed by atoms with Gasteiger partial charge in [0.1, 0.15) is 24.5 Å². The Morgan fingerprint density at radius 3 is 2.97 bits per heavy atom. The second kappa shape index (κ2) is 8.55. The molecule has 0 bridgehead atoms. The molecule has 5 nitrogen and oxygen atoms in total. The number of para-hydroxylation sites is 1. The number of hydrogen-bond donors (Lipinski definition) is 1. The van der Waals surface area contributed by atoms with Gasteiger partial charge in [0.05, 0.1) is 5.69 Å². The van der Waals surface area contributed by atoms with Crippen LogP contribution in [0.25, 0.3) is 11.3 Å². The predicted octanol–water partition coefficient (Wildman–Crippen LogP) is 4.70. The summed E-state index contributed by atoms with van der Waals surface area (Å²) in [5.74, 6) is 2.32. The number of anilines is 1. The molecule has 0 radical (unpaired) electrons. The molecule has 174 valence electrons. The second-order valence-electron chi connectivity index (χ2n) is 10.0. The minimum atomic E-state index is -0.0418. The van der Waals surface area contributed by atoms with E-state index in [1.807, 2.05) is 18.2 Å². The number of fused-ring (bicyclic) bond motifs is 2. The molecule has 0 spiro atoms. The van der Waals surface area contributed by atoms with E-state index in [0.717, 1.165) is 68.3 Å². The summed E-state index contributed by atoms with van der Waals surface area (Å²) in [6, 6.07) is 18.8. The largest absolute Gasteiger partial charge is 0.488 e. The molecule has 3 heterocycles. The van der Waals surface area contributed by atoms with Crippen molar-refractivity contribution in [3.8, 4) is 17.0 Å². The molecule has 1 saturated heterocycles. The zero-order valence-electron chi connectivity index (χ0n) is 19.7. The van der Waals surface area contributed by atoms with Crippen molar-refractivity contribution in [3.63, 3.8) is 0 Å². The van der Waals surface area contributed by atoms with E-state index in [2.05, 4.69) is 53.5 Å². The van der Waals surface area contributed by atoms with E-state index in [1.165, 1.54) is 28.5 Å². The minimum Gasteiger partial charge on any atom is -0.488 e. The summed E-state index contributed by atoms with van der Waals surface area (Å²) in [7, 11) is 0. The van der Waals surface area contributed by atoms with Crippen molar-refractivity contribution in [2.24, 2.45) is 11.3 Å². The zero-order chi connectivity index (χ0) is 23.1. The zero-order valence-corrected chi connectivity index (χ0v) is 19.7. The molecule has 1 aliphatic carbocycles. The average molecular weight is 454 g/mol. The molecule has 2 atom stereocenters. The fourth-order valence-electron chi connectivity index (χ4n) is 5.74. The number of rotatable bonds is 6. The topological polar surface area (TPSA) is 54.5 Å². The lowest BCUT2D eigenvalue weighted by atomic mass is 9.93. The Hall–Kier alpha value is -3.18. The van der Waals surface area contributed by atoms with E-state index < -0.39 is 0 Å². The summed E-state index contributed by atoms with van der Waals surface area (Å²) in [6.07, 6.45) is 4.23. The Balaban J connectivity index is 1.22. The highest BCUT2D eigenvalue weighted by atomic mass is 16.5. The van der Waals surface area contributed by atoms with Crippen LogP contribution >= 0.6 is 0 Å². The van der Waals surface area contributed by atoms with Gasteiger partial charge >= 0.3 is 0 Å². The molecular weight excluding hydrogens is 422 g/mol. The molecular formula is C29H31N3O2. The molecule has 2 aromatic carbocycles. The van der Waals surface area contributed by atoms with E-state index in [4.69, 9.17) is 9.72 Å². The van der Waals surface area contributed by atoms with Crippen molar-refractivity contribution in [1.82, 2.24) is 10.3 Å². The first-order valence-corrected chi connectivity index (χ1v) is 12.4. The number of aldehydes is 1. The van der Waals surface area contributed by atoms with Gasteiger partial charge in [-0.2, -0.15) is 0 Å². The van der Waals surface area contributed by atoms with Crippen LogP contribution in [0, 0.1) is 18.3 Å². The first kappa shape index (κ1) is 21.4. The van der Waals surface area contributed by atoms with Crippen LogP contribution in [-0.2, 0) is 24.4 Å². The van der Waals surface area contributed by atoms with Crippen molar-refractivity contribution < 1.29 is 9.53 Å². The fourth-order valence-corrected chi connectivity index (χ4v) is 5.74. The summed E-state index contributed by atoms with van der Waals surface area (Å²) in [4.78, 5) is 18.8. The lowest BCUT2D eigenvalue weighted by Crippen LogP contribution is -2.35. The van der Waals surface area contributed by atoms with E-state index in [9.17, 15) is 4.79 Å². The van der Waals surface area contributed by atoms with Crippen LogP contribution in [0.3, 0.4) is 0 Å². The van der Waals surface area contributed by atoms with Gasteiger partial charge in [0.25, 0.3) is 0 Å². The Kier molecular flexibility index (Phi) is 5.37. The van der Waals surface area contributed by atoms with Crippen molar-refractivity contribution >= 4 is 12.1 Å². The number of ether oxygens (including phenoxy) is 1. The summed E-state index contributed by atoms with van der Waals surface area (Å²) in [5.41, 5.74) is 7.36. The highest BCUT2D eigenvalue weighted by molar-refractivity contribution is 5.69. The first-order valence-electron chi connectivity index (χ1n) is 12.4. The van der Waals surface area contributed by atoms with Gasteiger partial charge in [-0.15, -0.1) is 0 Å². The number of carbonyl (C=O) groups is 1. The average Bonchev–Trinajstić information content (AvgIpc) is 3.63. The monoisotopic (exact) mass is 453 g/mol. The Labute approximate surface area is 201 Å². The molecule has 3 aliphatic rings. The fraction of sp³-hybridized carbons (Fsp3) is 0.379. The smallest absolute Gasteiger partial charge is 0.129 e. The molecule has 1 unspecified atom stereocenters. The van der Waals surface area contributed by atoms with Gasteiger partial charge in [0.15, 0.2) is 0 Å². The van der Waals surface area contributed by atoms with Crippen LogP contribution in [0.1, 0.15) is 35.1 Å². The van der Waals surface area contributed by atoms with Crippen molar-refractivity contribution in [3.05, 3.63) is 76.9 Å². The highest BCUT2D eigenvalue weighted by Gasteiger charge is 2.56. The Morgan fingerprint density at radius 2 is 2.09 bits per heavy atom. The number of carbonyl (C=O) groups excluding carboxylic acids is 1. The third-order valence-electron chi connectivity index (χ3n) is 8.08. The highest BCUT2D eigenvalue weighted by Crippen LogP contribution is 2.56.